The minimum atomic E-state index is -2.96. The van der Waals surface area contributed by atoms with Gasteiger partial charge >= 0.3 is 6.03 Å². The van der Waals surface area contributed by atoms with Gasteiger partial charge in [-0.05, 0) is 38.8 Å². The van der Waals surface area contributed by atoms with Crippen LogP contribution in [0.25, 0.3) is 0 Å². The summed E-state index contributed by atoms with van der Waals surface area (Å²) in [5, 5.41) is 7.67. The number of urea groups is 1. The molecule has 2 aromatic rings. The number of nitrogens with zero attached hydrogens (tertiary/aromatic N) is 4. The highest BCUT2D eigenvalue weighted by Crippen LogP contribution is 2.31. The molecule has 0 radical (unpaired) electrons. The van der Waals surface area contributed by atoms with Gasteiger partial charge in [0.25, 0.3) is 0 Å². The fraction of sp³-hybridized carbons (Fsp3) is 0.524. The van der Waals surface area contributed by atoms with E-state index in [2.05, 4.69) is 15.3 Å². The van der Waals surface area contributed by atoms with Crippen LogP contribution in [0.1, 0.15) is 29.4 Å². The van der Waals surface area contributed by atoms with Gasteiger partial charge in [0, 0.05) is 31.9 Å². The van der Waals surface area contributed by atoms with Crippen LogP contribution in [0, 0.1) is 20.8 Å². The number of amides is 2. The van der Waals surface area contributed by atoms with Crippen LogP contribution < -0.4 is 10.2 Å². The first-order valence-corrected chi connectivity index (χ1v) is 12.2. The van der Waals surface area contributed by atoms with Crippen LogP contribution in [0.5, 0.6) is 0 Å². The number of sulfone groups is 1. The monoisotopic (exact) mass is 431 g/mol. The van der Waals surface area contributed by atoms with Gasteiger partial charge in [0.1, 0.15) is 0 Å². The molecule has 1 aromatic heterocycles. The Morgan fingerprint density at radius 3 is 2.43 bits per heavy atom. The van der Waals surface area contributed by atoms with E-state index in [-0.39, 0.29) is 23.6 Å². The molecule has 2 amide bonds. The average molecular weight is 432 g/mol. The van der Waals surface area contributed by atoms with E-state index in [4.69, 9.17) is 0 Å². The molecule has 2 saturated heterocycles. The number of rotatable bonds is 3. The van der Waals surface area contributed by atoms with Gasteiger partial charge < -0.3 is 15.1 Å². The van der Waals surface area contributed by atoms with Gasteiger partial charge in [-0.2, -0.15) is 5.10 Å². The van der Waals surface area contributed by atoms with Crippen molar-refractivity contribution in [3.05, 3.63) is 41.2 Å². The number of carbonyl (C=O) groups excluding carboxylic acids is 1. The zero-order valence-corrected chi connectivity index (χ0v) is 18.6. The molecular weight excluding hydrogens is 402 g/mol. The van der Waals surface area contributed by atoms with Crippen molar-refractivity contribution in [1.29, 1.82) is 0 Å². The Labute approximate surface area is 177 Å². The second-order valence-electron chi connectivity index (χ2n) is 8.24. The number of benzene rings is 1. The van der Waals surface area contributed by atoms with Crippen molar-refractivity contribution < 1.29 is 13.2 Å². The summed E-state index contributed by atoms with van der Waals surface area (Å²) in [6, 6.07) is 7.60. The van der Waals surface area contributed by atoms with Crippen LogP contribution in [0.3, 0.4) is 0 Å². The molecule has 9 heteroatoms. The Balaban J connectivity index is 1.42. The number of carbonyl (C=O) groups is 1. The summed E-state index contributed by atoms with van der Waals surface area (Å²) in [6.45, 7) is 8.65. The molecule has 4 rings (SSSR count). The summed E-state index contributed by atoms with van der Waals surface area (Å²) >= 11 is 0. The lowest BCUT2D eigenvalue weighted by atomic mass is 10.2. The van der Waals surface area contributed by atoms with Crippen molar-refractivity contribution in [1.82, 2.24) is 14.7 Å². The predicted octanol–water partition coefficient (Wildman–Crippen LogP) is 2.52. The molecule has 1 atom stereocenters. The smallest absolute Gasteiger partial charge is 0.321 e. The van der Waals surface area contributed by atoms with E-state index in [9.17, 15) is 13.2 Å². The number of nitrogens with one attached hydrogen (secondary N) is 1. The summed E-state index contributed by atoms with van der Waals surface area (Å²) in [6.07, 6.45) is 0.622. The number of piperazine rings is 1. The molecular formula is C21H29N5O3S. The lowest BCUT2D eigenvalue weighted by Gasteiger charge is -2.36. The summed E-state index contributed by atoms with van der Waals surface area (Å²) < 4.78 is 25.6. The SMILES string of the molecule is Cc1ccccc1NC(=O)N1CCN(c2c(C)nn(C3CCS(=O)(=O)C3)c2C)CC1. The molecule has 0 aliphatic carbocycles. The van der Waals surface area contributed by atoms with Crippen molar-refractivity contribution in [3.8, 4) is 0 Å². The Bertz CT molecular complexity index is 1050. The van der Waals surface area contributed by atoms with Crippen molar-refractivity contribution in [2.24, 2.45) is 0 Å². The highest BCUT2D eigenvalue weighted by atomic mass is 32.2. The fourth-order valence-electron chi connectivity index (χ4n) is 4.48. The first-order chi connectivity index (χ1) is 14.2. The van der Waals surface area contributed by atoms with Crippen LogP contribution in [-0.4, -0.2) is 66.8 Å². The first kappa shape index (κ1) is 20.7. The van der Waals surface area contributed by atoms with Crippen LogP contribution in [0.2, 0.25) is 0 Å². The van der Waals surface area contributed by atoms with E-state index in [1.165, 1.54) is 0 Å². The van der Waals surface area contributed by atoms with E-state index in [0.29, 0.717) is 19.5 Å². The van der Waals surface area contributed by atoms with E-state index in [1.807, 2.05) is 54.6 Å². The molecule has 30 heavy (non-hydrogen) atoms. The number of aromatic nitrogens is 2. The number of anilines is 2. The van der Waals surface area contributed by atoms with Gasteiger partial charge in [0.05, 0.1) is 34.6 Å². The lowest BCUT2D eigenvalue weighted by Crippen LogP contribution is -2.50. The van der Waals surface area contributed by atoms with E-state index in [1.54, 1.807) is 0 Å². The molecule has 3 heterocycles. The zero-order valence-electron chi connectivity index (χ0n) is 17.8. The van der Waals surface area contributed by atoms with Gasteiger partial charge in [-0.15, -0.1) is 0 Å². The molecule has 2 aliphatic heterocycles. The lowest BCUT2D eigenvalue weighted by molar-refractivity contribution is 0.208. The van der Waals surface area contributed by atoms with Crippen molar-refractivity contribution in [3.63, 3.8) is 0 Å². The summed E-state index contributed by atoms with van der Waals surface area (Å²) in [5.41, 5.74) is 4.86. The number of hydrogen-bond donors (Lipinski definition) is 1. The quantitative estimate of drug-likeness (QED) is 0.807. The Kier molecular flexibility index (Phi) is 5.48. The molecule has 1 aromatic carbocycles. The molecule has 1 N–H and O–H groups in total. The van der Waals surface area contributed by atoms with Gasteiger partial charge in [-0.25, -0.2) is 13.2 Å². The first-order valence-electron chi connectivity index (χ1n) is 10.4. The van der Waals surface area contributed by atoms with Crippen LogP contribution in [-0.2, 0) is 9.84 Å². The maximum absolute atomic E-state index is 12.7. The van der Waals surface area contributed by atoms with Crippen molar-refractivity contribution in [2.45, 2.75) is 33.2 Å². The molecule has 0 bridgehead atoms. The maximum atomic E-state index is 12.7. The standard InChI is InChI=1S/C21H29N5O3S/c1-15-6-4-5-7-19(15)22-21(27)25-11-9-24(10-12-25)20-16(2)23-26(17(20)3)18-8-13-30(28,29)14-18/h4-7,18H,8-14H2,1-3H3,(H,22,27). The molecule has 162 valence electrons. The Morgan fingerprint density at radius 2 is 1.80 bits per heavy atom. The van der Waals surface area contributed by atoms with Gasteiger partial charge in [-0.3, -0.25) is 4.68 Å². The number of aryl methyl sites for hydroxylation is 2. The maximum Gasteiger partial charge on any atom is 0.321 e. The molecule has 1 unspecified atom stereocenters. The molecule has 0 saturated carbocycles. The van der Waals surface area contributed by atoms with Crippen LogP contribution in [0.4, 0.5) is 16.2 Å². The summed E-state index contributed by atoms with van der Waals surface area (Å²) in [7, 11) is -2.96. The summed E-state index contributed by atoms with van der Waals surface area (Å²) in [5.74, 6) is 0.404. The van der Waals surface area contributed by atoms with Crippen LogP contribution in [0.15, 0.2) is 24.3 Å². The number of para-hydroxylation sites is 1. The van der Waals surface area contributed by atoms with Gasteiger partial charge in [-0.1, -0.05) is 18.2 Å². The molecule has 2 fully saturated rings. The molecule has 2 aliphatic rings. The normalized spacial score (nSPS) is 21.1. The summed E-state index contributed by atoms with van der Waals surface area (Å²) in [4.78, 5) is 16.8. The van der Waals surface area contributed by atoms with Crippen LogP contribution >= 0.6 is 0 Å². The predicted molar refractivity (Wildman–Crippen MR) is 118 cm³/mol. The van der Waals surface area contributed by atoms with E-state index >= 15 is 0 Å². The fourth-order valence-corrected chi connectivity index (χ4v) is 6.17. The zero-order chi connectivity index (χ0) is 21.5. The highest BCUT2D eigenvalue weighted by molar-refractivity contribution is 7.91. The van der Waals surface area contributed by atoms with Gasteiger partial charge in [0.2, 0.25) is 0 Å². The molecule has 8 nitrogen and oxygen atoms in total. The number of hydrogen-bond acceptors (Lipinski definition) is 5. The third-order valence-electron chi connectivity index (χ3n) is 6.11. The largest absolute Gasteiger partial charge is 0.365 e. The molecule has 0 spiro atoms. The minimum absolute atomic E-state index is 0.0794. The second-order valence-corrected chi connectivity index (χ2v) is 10.5. The minimum Gasteiger partial charge on any atom is -0.365 e. The van der Waals surface area contributed by atoms with E-state index in [0.717, 1.165) is 41.4 Å². The van der Waals surface area contributed by atoms with Crippen molar-refractivity contribution >= 4 is 27.2 Å². The third kappa shape index (κ3) is 4.03. The van der Waals surface area contributed by atoms with Gasteiger partial charge in [0.15, 0.2) is 9.84 Å². The Hall–Kier alpha value is -2.55. The average Bonchev–Trinajstić information content (AvgIpc) is 3.22. The van der Waals surface area contributed by atoms with E-state index < -0.39 is 9.84 Å². The third-order valence-corrected chi connectivity index (χ3v) is 7.86. The Morgan fingerprint density at radius 1 is 1.10 bits per heavy atom. The topological polar surface area (TPSA) is 87.5 Å². The highest BCUT2D eigenvalue weighted by Gasteiger charge is 2.33. The van der Waals surface area contributed by atoms with Crippen molar-refractivity contribution in [2.75, 3.05) is 47.9 Å². The second kappa shape index (κ2) is 7.94.